The van der Waals surface area contributed by atoms with Crippen molar-refractivity contribution < 1.29 is 14.4 Å². The van der Waals surface area contributed by atoms with Gasteiger partial charge < -0.3 is 5.32 Å². The molecule has 0 radical (unpaired) electrons. The molecule has 1 saturated carbocycles. The van der Waals surface area contributed by atoms with Gasteiger partial charge in [-0.05, 0) is 48.4 Å². The van der Waals surface area contributed by atoms with E-state index in [1.54, 1.807) is 24.3 Å². The fourth-order valence-electron chi connectivity index (χ4n) is 4.75. The predicted molar refractivity (Wildman–Crippen MR) is 116 cm³/mol. The first-order chi connectivity index (χ1) is 14.5. The Kier molecular flexibility index (Phi) is 5.71. The van der Waals surface area contributed by atoms with Crippen LogP contribution in [0.15, 0.2) is 48.5 Å². The number of hydrogen-bond acceptors (Lipinski definition) is 3. The summed E-state index contributed by atoms with van der Waals surface area (Å²) in [6.07, 6.45) is 3.63. The molecule has 4 rings (SSSR count). The molecule has 2 unspecified atom stereocenters. The number of hydrogen-bond donors (Lipinski definition) is 1. The number of carbonyl (C=O) groups is 3. The molecule has 1 aliphatic heterocycles. The number of imide groups is 1. The second-order valence-corrected chi connectivity index (χ2v) is 8.65. The van der Waals surface area contributed by atoms with E-state index >= 15 is 0 Å². The normalized spacial score (nSPS) is 21.1. The maximum Gasteiger partial charge on any atom is 0.261 e. The molecule has 2 aromatic rings. The SMILES string of the molecule is CC(C)c1ccccc1NC(=O)C1CCCCC1CN1C(=O)c2ccccc2C1=O. The Labute approximate surface area is 177 Å². The van der Waals surface area contributed by atoms with Crippen molar-refractivity contribution in [3.8, 4) is 0 Å². The average molecular weight is 405 g/mol. The quantitative estimate of drug-likeness (QED) is 0.725. The van der Waals surface area contributed by atoms with Crippen molar-refractivity contribution >= 4 is 23.4 Å². The highest BCUT2D eigenvalue weighted by Crippen LogP contribution is 2.34. The summed E-state index contributed by atoms with van der Waals surface area (Å²) in [5, 5.41) is 3.13. The zero-order valence-electron chi connectivity index (χ0n) is 17.6. The van der Waals surface area contributed by atoms with Gasteiger partial charge in [0.15, 0.2) is 0 Å². The lowest BCUT2D eigenvalue weighted by molar-refractivity contribution is -0.122. The Bertz CT molecular complexity index is 947. The van der Waals surface area contributed by atoms with Gasteiger partial charge in [-0.25, -0.2) is 0 Å². The molecular formula is C25H28N2O3. The maximum atomic E-state index is 13.2. The predicted octanol–water partition coefficient (Wildman–Crippen LogP) is 4.85. The highest BCUT2D eigenvalue weighted by Gasteiger charge is 2.40. The van der Waals surface area contributed by atoms with Gasteiger partial charge in [0.1, 0.15) is 0 Å². The standard InChI is InChI=1S/C25H28N2O3/c1-16(2)18-10-7-8-14-22(18)26-23(28)19-11-4-3-9-17(19)15-27-24(29)20-12-5-6-13-21(20)25(27)30/h5-8,10,12-14,16-17,19H,3-4,9,11,15H2,1-2H3,(H,26,28). The minimum absolute atomic E-state index is 0.00981. The second-order valence-electron chi connectivity index (χ2n) is 8.65. The van der Waals surface area contributed by atoms with Crippen LogP contribution in [0.25, 0.3) is 0 Å². The average Bonchev–Trinajstić information content (AvgIpc) is 2.99. The lowest BCUT2D eigenvalue weighted by Crippen LogP contribution is -2.41. The van der Waals surface area contributed by atoms with Crippen LogP contribution in [-0.4, -0.2) is 29.2 Å². The third-order valence-electron chi connectivity index (χ3n) is 6.38. The Morgan fingerprint density at radius 1 is 0.967 bits per heavy atom. The first kappa shape index (κ1) is 20.3. The van der Waals surface area contributed by atoms with E-state index in [1.165, 1.54) is 4.90 Å². The summed E-state index contributed by atoms with van der Waals surface area (Å²) in [7, 11) is 0. The zero-order valence-corrected chi connectivity index (χ0v) is 17.6. The summed E-state index contributed by atoms with van der Waals surface area (Å²) in [4.78, 5) is 40.1. The number of anilines is 1. The van der Waals surface area contributed by atoms with Crippen LogP contribution in [0.4, 0.5) is 5.69 Å². The summed E-state index contributed by atoms with van der Waals surface area (Å²) in [6, 6.07) is 14.8. The molecule has 5 heteroatoms. The van der Waals surface area contributed by atoms with Gasteiger partial charge in [0.25, 0.3) is 11.8 Å². The van der Waals surface area contributed by atoms with Gasteiger partial charge in [-0.15, -0.1) is 0 Å². The number of para-hydroxylation sites is 1. The van der Waals surface area contributed by atoms with E-state index in [2.05, 4.69) is 19.2 Å². The van der Waals surface area contributed by atoms with Crippen LogP contribution >= 0.6 is 0 Å². The van der Waals surface area contributed by atoms with Gasteiger partial charge in [0.05, 0.1) is 11.1 Å². The van der Waals surface area contributed by atoms with Crippen LogP contribution in [0.3, 0.4) is 0 Å². The molecule has 156 valence electrons. The van der Waals surface area contributed by atoms with Gasteiger partial charge in [-0.1, -0.05) is 57.0 Å². The largest absolute Gasteiger partial charge is 0.326 e. The highest BCUT2D eigenvalue weighted by molar-refractivity contribution is 6.21. The van der Waals surface area contributed by atoms with Crippen LogP contribution in [0.2, 0.25) is 0 Å². The zero-order chi connectivity index (χ0) is 21.3. The third-order valence-corrected chi connectivity index (χ3v) is 6.38. The van der Waals surface area contributed by atoms with Crippen molar-refractivity contribution in [3.63, 3.8) is 0 Å². The minimum atomic E-state index is -0.245. The molecule has 3 amide bonds. The summed E-state index contributed by atoms with van der Waals surface area (Å²) >= 11 is 0. The first-order valence-corrected chi connectivity index (χ1v) is 10.8. The molecule has 0 bridgehead atoms. The monoisotopic (exact) mass is 404 g/mol. The maximum absolute atomic E-state index is 13.2. The number of amides is 3. The molecule has 1 N–H and O–H groups in total. The molecule has 0 saturated heterocycles. The van der Waals surface area contributed by atoms with E-state index in [-0.39, 0.29) is 29.6 Å². The number of carbonyl (C=O) groups excluding carboxylic acids is 3. The number of nitrogens with zero attached hydrogens (tertiary/aromatic N) is 1. The summed E-state index contributed by atoms with van der Waals surface area (Å²) in [5.74, 6) is -0.419. The van der Waals surface area contributed by atoms with E-state index < -0.39 is 0 Å². The van der Waals surface area contributed by atoms with Gasteiger partial charge in [-0.2, -0.15) is 0 Å². The summed E-state index contributed by atoms with van der Waals surface area (Å²) in [5.41, 5.74) is 2.89. The molecule has 1 aliphatic carbocycles. The van der Waals surface area contributed by atoms with Crippen LogP contribution in [0.1, 0.15) is 71.7 Å². The van der Waals surface area contributed by atoms with E-state index in [0.717, 1.165) is 36.9 Å². The van der Waals surface area contributed by atoms with Crippen molar-refractivity contribution in [1.82, 2.24) is 4.90 Å². The molecule has 5 nitrogen and oxygen atoms in total. The highest BCUT2D eigenvalue weighted by atomic mass is 16.2. The molecule has 2 atom stereocenters. The Hall–Kier alpha value is -2.95. The van der Waals surface area contributed by atoms with Crippen LogP contribution < -0.4 is 5.32 Å². The van der Waals surface area contributed by atoms with Crippen molar-refractivity contribution in [2.75, 3.05) is 11.9 Å². The fraction of sp³-hybridized carbons (Fsp3) is 0.400. The molecule has 1 heterocycles. The Balaban J connectivity index is 1.51. The van der Waals surface area contributed by atoms with Gasteiger partial charge in [0.2, 0.25) is 5.91 Å². The third kappa shape index (κ3) is 3.76. The molecule has 30 heavy (non-hydrogen) atoms. The first-order valence-electron chi connectivity index (χ1n) is 10.8. The summed E-state index contributed by atoms with van der Waals surface area (Å²) < 4.78 is 0. The molecule has 0 aromatic heterocycles. The summed E-state index contributed by atoms with van der Waals surface area (Å²) in [6.45, 7) is 4.52. The van der Waals surface area contributed by atoms with E-state index in [9.17, 15) is 14.4 Å². The molecule has 2 aliphatic rings. The van der Waals surface area contributed by atoms with Crippen LogP contribution in [0, 0.1) is 11.8 Å². The van der Waals surface area contributed by atoms with Gasteiger partial charge in [0, 0.05) is 18.2 Å². The lowest BCUT2D eigenvalue weighted by atomic mass is 9.78. The van der Waals surface area contributed by atoms with Crippen LogP contribution in [-0.2, 0) is 4.79 Å². The molecule has 2 aromatic carbocycles. The van der Waals surface area contributed by atoms with Crippen molar-refractivity contribution in [1.29, 1.82) is 0 Å². The molecular weight excluding hydrogens is 376 g/mol. The Morgan fingerprint density at radius 2 is 1.57 bits per heavy atom. The van der Waals surface area contributed by atoms with Gasteiger partial charge in [-0.3, -0.25) is 19.3 Å². The van der Waals surface area contributed by atoms with E-state index in [4.69, 9.17) is 0 Å². The molecule has 1 fully saturated rings. The van der Waals surface area contributed by atoms with E-state index in [0.29, 0.717) is 23.6 Å². The fourth-order valence-corrected chi connectivity index (χ4v) is 4.75. The number of fused-ring (bicyclic) bond motifs is 1. The number of nitrogens with one attached hydrogen (secondary N) is 1. The van der Waals surface area contributed by atoms with E-state index in [1.807, 2.05) is 24.3 Å². The van der Waals surface area contributed by atoms with Crippen molar-refractivity contribution in [3.05, 3.63) is 65.2 Å². The number of benzene rings is 2. The lowest BCUT2D eigenvalue weighted by Gasteiger charge is -2.33. The topological polar surface area (TPSA) is 66.5 Å². The van der Waals surface area contributed by atoms with Crippen molar-refractivity contribution in [2.24, 2.45) is 11.8 Å². The van der Waals surface area contributed by atoms with Gasteiger partial charge >= 0.3 is 0 Å². The Morgan fingerprint density at radius 3 is 2.23 bits per heavy atom. The second kappa shape index (κ2) is 8.42. The number of rotatable bonds is 5. The van der Waals surface area contributed by atoms with Crippen LogP contribution in [0.5, 0.6) is 0 Å². The smallest absolute Gasteiger partial charge is 0.261 e. The van der Waals surface area contributed by atoms with Crippen molar-refractivity contribution in [2.45, 2.75) is 45.4 Å². The molecule has 0 spiro atoms. The minimum Gasteiger partial charge on any atom is -0.326 e.